The molecule has 0 amide bonds. The lowest BCUT2D eigenvalue weighted by atomic mass is 10.0. The Bertz CT molecular complexity index is 1400. The summed E-state index contributed by atoms with van der Waals surface area (Å²) in [6, 6.07) is 10.3. The van der Waals surface area contributed by atoms with E-state index in [1.807, 2.05) is 6.92 Å². The molecule has 206 valence electrons. The predicted octanol–water partition coefficient (Wildman–Crippen LogP) is 5.41. The molecule has 2 atom stereocenters. The van der Waals surface area contributed by atoms with Crippen LogP contribution in [0.25, 0.3) is 0 Å². The van der Waals surface area contributed by atoms with Crippen LogP contribution in [0, 0.1) is 0 Å². The normalized spacial score (nSPS) is 14.0. The van der Waals surface area contributed by atoms with Crippen LogP contribution < -0.4 is 19.5 Å². The van der Waals surface area contributed by atoms with E-state index in [2.05, 4.69) is 51.3 Å². The fourth-order valence-electron chi connectivity index (χ4n) is 2.79. The molecule has 2 aromatic carbocycles. The number of benzene rings is 2. The molecule has 9 nitrogen and oxygen atoms in total. The number of ether oxygens (including phenoxy) is 1. The van der Waals surface area contributed by atoms with Crippen LogP contribution >= 0.6 is 26.6 Å². The van der Waals surface area contributed by atoms with Crippen molar-refractivity contribution >= 4 is 59.9 Å². The van der Waals surface area contributed by atoms with Gasteiger partial charge in [0.05, 0.1) is 21.0 Å². The molecule has 3 aromatic rings. The smallest absolute Gasteiger partial charge is 0.406 e. The maximum Gasteiger partial charge on any atom is 0.573 e. The van der Waals surface area contributed by atoms with Crippen LogP contribution in [0.1, 0.15) is 20.8 Å². The summed E-state index contributed by atoms with van der Waals surface area (Å²) in [4.78, 5) is 8.98. The van der Waals surface area contributed by atoms with Crippen LogP contribution in [0.3, 0.4) is 0 Å². The van der Waals surface area contributed by atoms with Gasteiger partial charge >= 0.3 is 6.36 Å². The van der Waals surface area contributed by atoms with Gasteiger partial charge in [-0.2, -0.15) is 9.11 Å². The number of nitrogens with one attached hydrogen (secondary N) is 3. The Morgan fingerprint density at radius 3 is 2.26 bits per heavy atom. The first-order chi connectivity index (χ1) is 17.5. The van der Waals surface area contributed by atoms with Crippen LogP contribution in [0.4, 0.5) is 30.6 Å². The van der Waals surface area contributed by atoms with Crippen LogP contribution in [-0.2, 0) is 10.0 Å². The van der Waals surface area contributed by atoms with E-state index >= 15 is 0 Å². The molecule has 0 aliphatic carbocycles. The fraction of sp³-hybridized carbons (Fsp3) is 0.261. The highest BCUT2D eigenvalue weighted by Gasteiger charge is 2.31. The predicted molar refractivity (Wildman–Crippen MR) is 145 cm³/mol. The van der Waals surface area contributed by atoms with Gasteiger partial charge in [0, 0.05) is 16.8 Å². The Hall–Kier alpha value is -2.72. The van der Waals surface area contributed by atoms with Gasteiger partial charge < -0.3 is 20.5 Å². The number of aliphatic hydroxyl groups is 1. The van der Waals surface area contributed by atoms with Crippen molar-refractivity contribution in [2.75, 3.05) is 10.6 Å². The lowest BCUT2D eigenvalue weighted by molar-refractivity contribution is -0.274. The first kappa shape index (κ1) is 29.8. The maximum atomic E-state index is 12.7. The summed E-state index contributed by atoms with van der Waals surface area (Å²) in [5, 5.41) is 16.4. The third-order valence-electron chi connectivity index (χ3n) is 5.13. The standard InChI is InChI=1S/C23H25BrF3N5O4S2/c1-14(22(2,3)33)29-20-19(24)13-28-21(31-20)30-15-5-9-17(10-6-15)37(4)32-38(34,35)18-11-7-16(8-12-18)36-23(25,26)27/h5-14,32-33H,4H2,1-3H3,(H2,28,29,30,31)/t14-,37?/m1/s1. The van der Waals surface area contributed by atoms with Crippen LogP contribution in [-0.4, -0.2) is 47.4 Å². The van der Waals surface area contributed by atoms with Gasteiger partial charge in [0.2, 0.25) is 16.0 Å². The first-order valence-electron chi connectivity index (χ1n) is 10.8. The van der Waals surface area contributed by atoms with Gasteiger partial charge in [-0.3, -0.25) is 0 Å². The Morgan fingerprint density at radius 1 is 1.11 bits per heavy atom. The lowest BCUT2D eigenvalue weighted by Crippen LogP contribution is -2.39. The van der Waals surface area contributed by atoms with E-state index in [4.69, 9.17) is 0 Å². The van der Waals surface area contributed by atoms with Crippen molar-refractivity contribution in [2.24, 2.45) is 0 Å². The van der Waals surface area contributed by atoms with Crippen molar-refractivity contribution in [1.82, 2.24) is 14.1 Å². The van der Waals surface area contributed by atoms with Gasteiger partial charge in [-0.15, -0.1) is 13.2 Å². The summed E-state index contributed by atoms with van der Waals surface area (Å²) < 4.78 is 69.1. The molecular weight excluding hydrogens is 611 g/mol. The number of alkyl halides is 3. The molecule has 0 fully saturated rings. The molecule has 0 saturated heterocycles. The highest BCUT2D eigenvalue weighted by molar-refractivity contribution is 9.10. The van der Waals surface area contributed by atoms with E-state index in [9.17, 15) is 26.7 Å². The number of sulfonamides is 1. The Kier molecular flexibility index (Phi) is 9.08. The number of hydrogen-bond donors (Lipinski definition) is 4. The number of halogens is 4. The zero-order chi connectivity index (χ0) is 28.3. The van der Waals surface area contributed by atoms with Gasteiger partial charge in [-0.1, -0.05) is 16.5 Å². The van der Waals surface area contributed by atoms with E-state index in [-0.39, 0.29) is 10.9 Å². The monoisotopic (exact) mass is 635 g/mol. The molecule has 15 heteroatoms. The summed E-state index contributed by atoms with van der Waals surface area (Å²) in [5.74, 6) is 4.10. The summed E-state index contributed by atoms with van der Waals surface area (Å²) in [6.45, 7) is 5.18. The van der Waals surface area contributed by atoms with E-state index in [0.717, 1.165) is 24.3 Å². The molecule has 0 saturated carbocycles. The van der Waals surface area contributed by atoms with E-state index in [0.29, 0.717) is 26.8 Å². The van der Waals surface area contributed by atoms with Gasteiger partial charge in [-0.25, -0.2) is 13.4 Å². The third kappa shape index (κ3) is 8.39. The largest absolute Gasteiger partial charge is 0.573 e. The number of hydrogen-bond acceptors (Lipinski definition) is 8. The van der Waals surface area contributed by atoms with Crippen LogP contribution in [0.5, 0.6) is 5.75 Å². The quantitative estimate of drug-likeness (QED) is 0.218. The number of rotatable bonds is 10. The summed E-state index contributed by atoms with van der Waals surface area (Å²) >= 11 is 3.38. The van der Waals surface area contributed by atoms with Crippen molar-refractivity contribution in [2.45, 2.75) is 48.6 Å². The molecule has 0 bridgehead atoms. The molecule has 0 aliphatic heterocycles. The Balaban J connectivity index is 1.67. The van der Waals surface area contributed by atoms with E-state index in [1.54, 1.807) is 44.3 Å². The van der Waals surface area contributed by atoms with Crippen LogP contribution in [0.2, 0.25) is 0 Å². The number of anilines is 3. The minimum absolute atomic E-state index is 0.234. The molecule has 0 aliphatic rings. The van der Waals surface area contributed by atoms with E-state index < -0.39 is 38.4 Å². The van der Waals surface area contributed by atoms with Crippen molar-refractivity contribution < 1.29 is 31.4 Å². The molecule has 38 heavy (non-hydrogen) atoms. The van der Waals surface area contributed by atoms with E-state index in [1.165, 1.54) is 0 Å². The maximum absolute atomic E-state index is 12.7. The van der Waals surface area contributed by atoms with Crippen LogP contribution in [0.15, 0.2) is 69.0 Å². The molecule has 1 aromatic heterocycles. The molecule has 0 radical (unpaired) electrons. The van der Waals surface area contributed by atoms with Crippen molar-refractivity contribution in [1.29, 1.82) is 0 Å². The third-order valence-corrected chi connectivity index (χ3v) is 9.13. The number of nitrogens with zero attached hydrogens (tertiary/aromatic N) is 2. The second kappa shape index (κ2) is 11.6. The molecule has 4 N–H and O–H groups in total. The average molecular weight is 637 g/mol. The molecule has 1 unspecified atom stereocenters. The van der Waals surface area contributed by atoms with Crippen molar-refractivity contribution in [3.05, 3.63) is 59.2 Å². The Morgan fingerprint density at radius 2 is 1.71 bits per heavy atom. The van der Waals surface area contributed by atoms with Gasteiger partial charge in [0.25, 0.3) is 0 Å². The highest BCUT2D eigenvalue weighted by Crippen LogP contribution is 2.29. The molecule has 3 rings (SSSR count). The average Bonchev–Trinajstić information content (AvgIpc) is 2.80. The van der Waals surface area contributed by atoms with Crippen molar-refractivity contribution in [3.8, 4) is 5.75 Å². The summed E-state index contributed by atoms with van der Waals surface area (Å²) in [6.07, 6.45) is -3.31. The minimum atomic E-state index is -4.88. The minimum Gasteiger partial charge on any atom is -0.406 e. The zero-order valence-corrected chi connectivity index (χ0v) is 23.6. The second-order valence-electron chi connectivity index (χ2n) is 8.56. The van der Waals surface area contributed by atoms with Gasteiger partial charge in [-0.05, 0) is 85.2 Å². The molecule has 1 heterocycles. The van der Waals surface area contributed by atoms with Gasteiger partial charge in [0.15, 0.2) is 0 Å². The first-order valence-corrected chi connectivity index (χ1v) is 14.5. The van der Waals surface area contributed by atoms with Gasteiger partial charge in [0.1, 0.15) is 11.6 Å². The molecule has 0 spiro atoms. The summed E-state index contributed by atoms with van der Waals surface area (Å²) in [7, 11) is -5.26. The summed E-state index contributed by atoms with van der Waals surface area (Å²) in [5.41, 5.74) is -0.358. The lowest BCUT2D eigenvalue weighted by Gasteiger charge is -2.27. The topological polar surface area (TPSA) is 125 Å². The highest BCUT2D eigenvalue weighted by atomic mass is 79.9. The zero-order valence-electron chi connectivity index (χ0n) is 20.4. The van der Waals surface area contributed by atoms with Crippen molar-refractivity contribution in [3.63, 3.8) is 0 Å². The number of aromatic nitrogens is 2. The molecular formula is C23H25BrF3N5O4S2. The second-order valence-corrected chi connectivity index (χ2v) is 12.8. The SMILES string of the molecule is C=S(NS(=O)(=O)c1ccc(OC(F)(F)F)cc1)c1ccc(Nc2ncc(Br)c(N[C@H](C)C(C)(C)O)n2)cc1. The Labute approximate surface area is 229 Å². The fourth-order valence-corrected chi connectivity index (χ4v) is 5.88.